The highest BCUT2D eigenvalue weighted by atomic mass is 16.7. The topological polar surface area (TPSA) is 47.6 Å². The van der Waals surface area contributed by atoms with Crippen molar-refractivity contribution in [3.05, 3.63) is 0 Å². The first kappa shape index (κ1) is 12.4. The number of rotatable bonds is 4. The van der Waals surface area contributed by atoms with Crippen LogP contribution in [0.5, 0.6) is 0 Å². The number of carbonyl (C=O) groups is 1. The fourth-order valence-corrected chi connectivity index (χ4v) is 0.616. The Balaban J connectivity index is 3.49. The van der Waals surface area contributed by atoms with Crippen LogP contribution in [0.3, 0.4) is 0 Å². The Morgan fingerprint density at radius 1 is 1.38 bits per heavy atom. The van der Waals surface area contributed by atoms with Gasteiger partial charge in [0.05, 0.1) is 11.7 Å². The van der Waals surface area contributed by atoms with E-state index in [0.29, 0.717) is 0 Å². The van der Waals surface area contributed by atoms with Crippen molar-refractivity contribution >= 4 is 5.97 Å². The SMILES string of the molecule is CC(C)OC(=O)CNOC(C)(C)C. The summed E-state index contributed by atoms with van der Waals surface area (Å²) in [6.45, 7) is 9.38. The minimum absolute atomic E-state index is 0.0788. The van der Waals surface area contributed by atoms with E-state index in [1.807, 2.05) is 34.6 Å². The molecule has 0 heterocycles. The summed E-state index contributed by atoms with van der Waals surface area (Å²) in [5.74, 6) is -0.306. The van der Waals surface area contributed by atoms with Gasteiger partial charge in [-0.25, -0.2) is 0 Å². The molecule has 13 heavy (non-hydrogen) atoms. The van der Waals surface area contributed by atoms with Crippen LogP contribution >= 0.6 is 0 Å². The Bertz CT molecular complexity index is 161. The second-order valence-corrected chi connectivity index (χ2v) is 4.07. The Morgan fingerprint density at radius 2 is 1.92 bits per heavy atom. The molecular weight excluding hydrogens is 170 g/mol. The average molecular weight is 189 g/mol. The van der Waals surface area contributed by atoms with Gasteiger partial charge in [-0.15, -0.1) is 0 Å². The van der Waals surface area contributed by atoms with Gasteiger partial charge in [0.2, 0.25) is 0 Å². The summed E-state index contributed by atoms with van der Waals surface area (Å²) in [6, 6.07) is 0. The lowest BCUT2D eigenvalue weighted by Crippen LogP contribution is -2.34. The van der Waals surface area contributed by atoms with Crippen LogP contribution < -0.4 is 5.48 Å². The minimum atomic E-state index is -0.306. The van der Waals surface area contributed by atoms with Crippen LogP contribution in [0.1, 0.15) is 34.6 Å². The maximum Gasteiger partial charge on any atom is 0.322 e. The van der Waals surface area contributed by atoms with E-state index in [-0.39, 0.29) is 24.2 Å². The van der Waals surface area contributed by atoms with Crippen molar-refractivity contribution in [2.45, 2.75) is 46.3 Å². The molecule has 0 radical (unpaired) electrons. The highest BCUT2D eigenvalue weighted by molar-refractivity contribution is 5.71. The van der Waals surface area contributed by atoms with Crippen LogP contribution in [0.25, 0.3) is 0 Å². The van der Waals surface area contributed by atoms with Gasteiger partial charge in [-0.3, -0.25) is 9.63 Å². The summed E-state index contributed by atoms with van der Waals surface area (Å²) in [6.07, 6.45) is -0.0797. The minimum Gasteiger partial charge on any atom is -0.462 e. The summed E-state index contributed by atoms with van der Waals surface area (Å²) in [4.78, 5) is 16.1. The molecule has 0 spiro atoms. The van der Waals surface area contributed by atoms with Gasteiger partial charge in [0.25, 0.3) is 0 Å². The van der Waals surface area contributed by atoms with Gasteiger partial charge in [0.1, 0.15) is 6.54 Å². The number of hydroxylamine groups is 1. The zero-order valence-corrected chi connectivity index (χ0v) is 9.01. The molecule has 0 amide bonds. The number of ether oxygens (including phenoxy) is 1. The van der Waals surface area contributed by atoms with Gasteiger partial charge in [-0.05, 0) is 34.6 Å². The number of hydrogen-bond donors (Lipinski definition) is 1. The van der Waals surface area contributed by atoms with Crippen molar-refractivity contribution in [3.63, 3.8) is 0 Å². The fourth-order valence-electron chi connectivity index (χ4n) is 0.616. The summed E-state index contributed by atoms with van der Waals surface area (Å²) in [7, 11) is 0. The van der Waals surface area contributed by atoms with E-state index in [1.165, 1.54) is 0 Å². The second-order valence-electron chi connectivity index (χ2n) is 4.07. The van der Waals surface area contributed by atoms with Crippen LogP contribution in [0.4, 0.5) is 0 Å². The molecule has 0 aromatic rings. The van der Waals surface area contributed by atoms with Crippen molar-refractivity contribution in [2.24, 2.45) is 0 Å². The standard InChI is InChI=1S/C9H19NO3/c1-7(2)12-8(11)6-10-13-9(3,4)5/h7,10H,6H2,1-5H3. The van der Waals surface area contributed by atoms with E-state index in [2.05, 4.69) is 5.48 Å². The van der Waals surface area contributed by atoms with Crippen molar-refractivity contribution in [1.82, 2.24) is 5.48 Å². The molecule has 4 nitrogen and oxygen atoms in total. The zero-order chi connectivity index (χ0) is 10.5. The second kappa shape index (κ2) is 5.19. The Hall–Kier alpha value is -0.610. The van der Waals surface area contributed by atoms with Crippen molar-refractivity contribution in [1.29, 1.82) is 0 Å². The first-order chi connectivity index (χ1) is 5.81. The van der Waals surface area contributed by atoms with Crippen LogP contribution in [-0.2, 0) is 14.4 Å². The van der Waals surface area contributed by atoms with Gasteiger partial charge in [-0.2, -0.15) is 5.48 Å². The molecule has 78 valence electrons. The fraction of sp³-hybridized carbons (Fsp3) is 0.889. The zero-order valence-electron chi connectivity index (χ0n) is 9.01. The van der Waals surface area contributed by atoms with Crippen LogP contribution in [0, 0.1) is 0 Å². The molecule has 0 bridgehead atoms. The van der Waals surface area contributed by atoms with E-state index in [4.69, 9.17) is 9.57 Å². The largest absolute Gasteiger partial charge is 0.462 e. The Kier molecular flexibility index (Phi) is 4.95. The summed E-state index contributed by atoms with van der Waals surface area (Å²) >= 11 is 0. The molecule has 0 unspecified atom stereocenters. The van der Waals surface area contributed by atoms with Gasteiger partial charge < -0.3 is 4.74 Å². The molecule has 0 rings (SSSR count). The number of hydrogen-bond acceptors (Lipinski definition) is 4. The molecule has 0 saturated heterocycles. The van der Waals surface area contributed by atoms with Crippen LogP contribution in [-0.4, -0.2) is 24.2 Å². The lowest BCUT2D eigenvalue weighted by atomic mass is 10.2. The molecule has 0 fully saturated rings. The average Bonchev–Trinajstić information content (AvgIpc) is 1.81. The van der Waals surface area contributed by atoms with Crippen molar-refractivity contribution in [2.75, 3.05) is 6.54 Å². The first-order valence-corrected chi connectivity index (χ1v) is 4.41. The molecule has 0 aliphatic carbocycles. The van der Waals surface area contributed by atoms with Gasteiger partial charge in [0, 0.05) is 0 Å². The lowest BCUT2D eigenvalue weighted by molar-refractivity contribution is -0.152. The van der Waals surface area contributed by atoms with E-state index < -0.39 is 0 Å². The normalized spacial score (nSPS) is 11.8. The third kappa shape index (κ3) is 9.30. The predicted molar refractivity (Wildman–Crippen MR) is 50.1 cm³/mol. The molecule has 1 N–H and O–H groups in total. The monoisotopic (exact) mass is 189 g/mol. The third-order valence-electron chi connectivity index (χ3n) is 0.962. The smallest absolute Gasteiger partial charge is 0.322 e. The Labute approximate surface area is 79.6 Å². The summed E-state index contributed by atoms with van der Waals surface area (Å²) in [5, 5.41) is 0. The first-order valence-electron chi connectivity index (χ1n) is 4.41. The highest BCUT2D eigenvalue weighted by Crippen LogP contribution is 2.03. The van der Waals surface area contributed by atoms with Gasteiger partial charge in [-0.1, -0.05) is 0 Å². The quantitative estimate of drug-likeness (QED) is 0.534. The number of nitrogens with one attached hydrogen (secondary N) is 1. The molecule has 0 saturated carbocycles. The van der Waals surface area contributed by atoms with Crippen molar-refractivity contribution in [3.8, 4) is 0 Å². The van der Waals surface area contributed by atoms with Crippen LogP contribution in [0.2, 0.25) is 0 Å². The molecular formula is C9H19NO3. The maximum atomic E-state index is 11.0. The van der Waals surface area contributed by atoms with E-state index in [0.717, 1.165) is 0 Å². The Morgan fingerprint density at radius 3 is 2.31 bits per heavy atom. The molecule has 0 aliphatic rings. The lowest BCUT2D eigenvalue weighted by Gasteiger charge is -2.19. The third-order valence-corrected chi connectivity index (χ3v) is 0.962. The van der Waals surface area contributed by atoms with Crippen LogP contribution in [0.15, 0.2) is 0 Å². The van der Waals surface area contributed by atoms with E-state index >= 15 is 0 Å². The maximum absolute atomic E-state index is 11.0. The molecule has 0 aliphatic heterocycles. The number of esters is 1. The summed E-state index contributed by atoms with van der Waals surface area (Å²) in [5.41, 5.74) is 2.26. The van der Waals surface area contributed by atoms with E-state index in [1.54, 1.807) is 0 Å². The molecule has 0 atom stereocenters. The van der Waals surface area contributed by atoms with Gasteiger partial charge >= 0.3 is 5.97 Å². The van der Waals surface area contributed by atoms with E-state index in [9.17, 15) is 4.79 Å². The molecule has 0 aromatic carbocycles. The highest BCUT2D eigenvalue weighted by Gasteiger charge is 2.11. The molecule has 4 heteroatoms. The number of carbonyl (C=O) groups excluding carboxylic acids is 1. The van der Waals surface area contributed by atoms with Gasteiger partial charge in [0.15, 0.2) is 0 Å². The molecule has 0 aromatic heterocycles. The predicted octanol–water partition coefficient (Wildman–Crippen LogP) is 1.26. The van der Waals surface area contributed by atoms with Crippen molar-refractivity contribution < 1.29 is 14.4 Å². The summed E-state index contributed by atoms with van der Waals surface area (Å²) < 4.78 is 4.88.